The van der Waals surface area contributed by atoms with E-state index in [1.54, 1.807) is 6.07 Å². The van der Waals surface area contributed by atoms with Crippen molar-refractivity contribution in [1.82, 2.24) is 4.90 Å². The maximum absolute atomic E-state index is 13.4. The van der Waals surface area contributed by atoms with Gasteiger partial charge in [0, 0.05) is 25.9 Å². The van der Waals surface area contributed by atoms with Gasteiger partial charge in [-0.2, -0.15) is 0 Å². The summed E-state index contributed by atoms with van der Waals surface area (Å²) in [5, 5.41) is 1.95. The molecule has 0 spiro atoms. The summed E-state index contributed by atoms with van der Waals surface area (Å²) in [7, 11) is 0. The molecule has 4 aromatic rings. The lowest BCUT2D eigenvalue weighted by Crippen LogP contribution is -2.33. The molecule has 0 saturated carbocycles. The number of esters is 1. The van der Waals surface area contributed by atoms with Crippen molar-refractivity contribution in [2.24, 2.45) is 0 Å². The molecule has 1 amide bonds. The number of nitrogens with zero attached hydrogens (tertiary/aromatic N) is 1. The molecule has 4 rings (SSSR count). The summed E-state index contributed by atoms with van der Waals surface area (Å²) in [5.41, 5.74) is 3.60. The Balaban J connectivity index is 1.47. The van der Waals surface area contributed by atoms with Crippen LogP contribution in [0.2, 0.25) is 0 Å². The van der Waals surface area contributed by atoms with Crippen LogP contribution in [0, 0.1) is 0 Å². The van der Waals surface area contributed by atoms with E-state index in [2.05, 4.69) is 48.5 Å². The molecule has 0 aliphatic heterocycles. The van der Waals surface area contributed by atoms with Crippen molar-refractivity contribution in [2.45, 2.75) is 32.1 Å². The predicted molar refractivity (Wildman–Crippen MR) is 146 cm³/mol. The lowest BCUT2D eigenvalue weighted by molar-refractivity contribution is -0.131. The van der Waals surface area contributed by atoms with Crippen molar-refractivity contribution >= 4 is 23.2 Å². The van der Waals surface area contributed by atoms with Crippen LogP contribution in [0.15, 0.2) is 102 Å². The van der Waals surface area contributed by atoms with Crippen molar-refractivity contribution in [3.63, 3.8) is 0 Å². The average molecular weight is 498 g/mol. The molecule has 0 aliphatic rings. The second kappa shape index (κ2) is 12.8. The van der Waals surface area contributed by atoms with Crippen LogP contribution < -0.4 is 4.74 Å². The topological polar surface area (TPSA) is 46.6 Å². The van der Waals surface area contributed by atoms with E-state index >= 15 is 0 Å². The quantitative estimate of drug-likeness (QED) is 0.166. The number of amides is 1. The number of hydrogen-bond donors (Lipinski definition) is 0. The first-order valence-electron chi connectivity index (χ1n) is 12.3. The van der Waals surface area contributed by atoms with E-state index in [0.717, 1.165) is 29.7 Å². The fourth-order valence-corrected chi connectivity index (χ4v) is 5.15. The molecular formula is C31H31NO3S. The highest BCUT2D eigenvalue weighted by Gasteiger charge is 2.20. The van der Waals surface area contributed by atoms with Gasteiger partial charge in [-0.15, -0.1) is 11.3 Å². The first kappa shape index (κ1) is 25.4. The van der Waals surface area contributed by atoms with Gasteiger partial charge in [-0.3, -0.25) is 9.59 Å². The predicted octanol–water partition coefficient (Wildman–Crippen LogP) is 6.97. The maximum Gasteiger partial charge on any atom is 0.308 e. The van der Waals surface area contributed by atoms with Crippen LogP contribution in [-0.2, 0) is 11.2 Å². The number of carbonyl (C=O) groups is 2. The van der Waals surface area contributed by atoms with E-state index in [-0.39, 0.29) is 17.8 Å². The van der Waals surface area contributed by atoms with Crippen LogP contribution in [0.3, 0.4) is 0 Å². The molecule has 0 radical (unpaired) electrons. The van der Waals surface area contributed by atoms with E-state index in [1.165, 1.54) is 29.4 Å². The zero-order chi connectivity index (χ0) is 25.2. The molecule has 36 heavy (non-hydrogen) atoms. The Morgan fingerprint density at radius 1 is 0.833 bits per heavy atom. The molecular weight excluding hydrogens is 466 g/mol. The third-order valence-corrected chi connectivity index (χ3v) is 7.02. The molecule has 184 valence electrons. The minimum absolute atomic E-state index is 0.0820. The van der Waals surface area contributed by atoms with E-state index < -0.39 is 0 Å². The van der Waals surface area contributed by atoms with Crippen LogP contribution in [-0.4, -0.2) is 29.9 Å². The smallest absolute Gasteiger partial charge is 0.308 e. The molecule has 0 aliphatic carbocycles. The summed E-state index contributed by atoms with van der Waals surface area (Å²) in [4.78, 5) is 27.4. The molecule has 3 aromatic carbocycles. The SMILES string of the molecule is CC(=O)Oc1cccc(CCCN(CCC(c2ccccc2)c2ccccc2)C(=O)c2cccs2)c1. The summed E-state index contributed by atoms with van der Waals surface area (Å²) in [6, 6.07) is 32.5. The molecule has 0 unspecified atom stereocenters. The Bertz CT molecular complexity index is 1200. The highest BCUT2D eigenvalue weighted by molar-refractivity contribution is 7.12. The van der Waals surface area contributed by atoms with Gasteiger partial charge in [0.2, 0.25) is 0 Å². The number of benzene rings is 3. The van der Waals surface area contributed by atoms with Gasteiger partial charge in [-0.05, 0) is 59.5 Å². The van der Waals surface area contributed by atoms with Gasteiger partial charge in [-0.25, -0.2) is 0 Å². The zero-order valence-electron chi connectivity index (χ0n) is 20.5. The van der Waals surface area contributed by atoms with Gasteiger partial charge in [0.1, 0.15) is 5.75 Å². The van der Waals surface area contributed by atoms with Crippen LogP contribution >= 0.6 is 11.3 Å². The van der Waals surface area contributed by atoms with Crippen molar-refractivity contribution in [3.8, 4) is 5.75 Å². The van der Waals surface area contributed by atoms with Crippen LogP contribution in [0.25, 0.3) is 0 Å². The van der Waals surface area contributed by atoms with Gasteiger partial charge in [0.25, 0.3) is 5.91 Å². The standard InChI is InChI=1S/C31H31NO3S/c1-24(33)35-28-17-8-11-25(23-28)12-9-20-32(31(34)30-18-10-22-36-30)21-19-29(26-13-4-2-5-14-26)27-15-6-3-7-16-27/h2-8,10-11,13-18,22-23,29H,9,12,19-21H2,1H3. The average Bonchev–Trinajstić information content (AvgIpc) is 3.44. The van der Waals surface area contributed by atoms with Crippen LogP contribution in [0.4, 0.5) is 0 Å². The Morgan fingerprint density at radius 3 is 2.14 bits per heavy atom. The van der Waals surface area contributed by atoms with Crippen molar-refractivity contribution < 1.29 is 14.3 Å². The first-order valence-corrected chi connectivity index (χ1v) is 13.2. The summed E-state index contributed by atoms with van der Waals surface area (Å²) >= 11 is 1.48. The normalized spacial score (nSPS) is 10.8. The van der Waals surface area contributed by atoms with Gasteiger partial charge >= 0.3 is 5.97 Å². The third-order valence-electron chi connectivity index (χ3n) is 6.16. The number of rotatable bonds is 11. The lowest BCUT2D eigenvalue weighted by atomic mass is 9.88. The van der Waals surface area contributed by atoms with Crippen LogP contribution in [0.5, 0.6) is 5.75 Å². The molecule has 4 nitrogen and oxygen atoms in total. The highest BCUT2D eigenvalue weighted by atomic mass is 32.1. The molecule has 1 aromatic heterocycles. The summed E-state index contributed by atoms with van der Waals surface area (Å²) in [6.07, 6.45) is 2.46. The fourth-order valence-electron chi connectivity index (χ4n) is 4.46. The first-order chi connectivity index (χ1) is 17.6. The van der Waals surface area contributed by atoms with E-state index in [1.807, 2.05) is 52.7 Å². The summed E-state index contributed by atoms with van der Waals surface area (Å²) in [6.45, 7) is 2.72. The molecule has 0 fully saturated rings. The number of thiophene rings is 1. The van der Waals surface area contributed by atoms with Crippen molar-refractivity contribution in [3.05, 3.63) is 124 Å². The van der Waals surface area contributed by atoms with E-state index in [0.29, 0.717) is 18.8 Å². The van der Waals surface area contributed by atoms with E-state index in [4.69, 9.17) is 4.74 Å². The summed E-state index contributed by atoms with van der Waals surface area (Å²) in [5.74, 6) is 0.524. The largest absolute Gasteiger partial charge is 0.427 e. The minimum atomic E-state index is -0.328. The van der Waals surface area contributed by atoms with Gasteiger partial charge < -0.3 is 9.64 Å². The molecule has 0 saturated heterocycles. The minimum Gasteiger partial charge on any atom is -0.427 e. The Morgan fingerprint density at radius 2 is 1.53 bits per heavy atom. The Kier molecular flexibility index (Phi) is 9.06. The van der Waals surface area contributed by atoms with Crippen molar-refractivity contribution in [1.29, 1.82) is 0 Å². The summed E-state index contributed by atoms with van der Waals surface area (Å²) < 4.78 is 5.22. The van der Waals surface area contributed by atoms with E-state index in [9.17, 15) is 9.59 Å². The Labute approximate surface area is 217 Å². The monoisotopic (exact) mass is 497 g/mol. The van der Waals surface area contributed by atoms with Gasteiger partial charge in [-0.1, -0.05) is 78.9 Å². The fraction of sp³-hybridized carbons (Fsp3) is 0.226. The van der Waals surface area contributed by atoms with Gasteiger partial charge in [0.05, 0.1) is 4.88 Å². The highest BCUT2D eigenvalue weighted by Crippen LogP contribution is 2.28. The van der Waals surface area contributed by atoms with Crippen molar-refractivity contribution in [2.75, 3.05) is 13.1 Å². The van der Waals surface area contributed by atoms with Gasteiger partial charge in [0.15, 0.2) is 0 Å². The van der Waals surface area contributed by atoms with Crippen LogP contribution in [0.1, 0.15) is 52.0 Å². The number of ether oxygens (including phenoxy) is 1. The Hall–Kier alpha value is -3.70. The molecule has 5 heteroatoms. The second-order valence-electron chi connectivity index (χ2n) is 8.78. The number of aryl methyl sites for hydroxylation is 1. The number of hydrogen-bond acceptors (Lipinski definition) is 4. The molecule has 1 heterocycles. The lowest BCUT2D eigenvalue weighted by Gasteiger charge is -2.26. The molecule has 0 bridgehead atoms. The second-order valence-corrected chi connectivity index (χ2v) is 9.72. The third kappa shape index (κ3) is 7.15. The molecule has 0 atom stereocenters. The maximum atomic E-state index is 13.4. The number of carbonyl (C=O) groups excluding carboxylic acids is 2. The zero-order valence-corrected chi connectivity index (χ0v) is 21.3. The molecule has 0 N–H and O–H groups in total.